The molecule has 2 aromatic carbocycles. The standard InChI is InChI=1S/C18H20N2O5S/c1-18(13-7-9-14(21)10-8-13)12-17(19-25-18)24-15-5-4-6-16(11-15)26(22,23)20(2)3/h4-11,21H,12H2,1-3H3/t18-/m0/s1. The molecule has 1 aliphatic heterocycles. The predicted molar refractivity (Wildman–Crippen MR) is 96.5 cm³/mol. The fourth-order valence-electron chi connectivity index (χ4n) is 2.57. The number of nitrogens with zero attached hydrogens (tertiary/aromatic N) is 2. The highest BCUT2D eigenvalue weighted by Crippen LogP contribution is 2.35. The van der Waals surface area contributed by atoms with Gasteiger partial charge in [0.25, 0.3) is 0 Å². The molecule has 0 spiro atoms. The van der Waals surface area contributed by atoms with Crippen molar-refractivity contribution in [2.45, 2.75) is 23.8 Å². The maximum atomic E-state index is 12.2. The smallest absolute Gasteiger partial charge is 0.242 e. The predicted octanol–water partition coefficient (Wildman–Crippen LogP) is 2.67. The third-order valence-corrected chi connectivity index (χ3v) is 5.95. The van der Waals surface area contributed by atoms with E-state index in [1.54, 1.807) is 36.4 Å². The van der Waals surface area contributed by atoms with E-state index in [1.165, 1.54) is 26.2 Å². The summed E-state index contributed by atoms with van der Waals surface area (Å²) >= 11 is 0. The molecule has 1 aliphatic rings. The van der Waals surface area contributed by atoms with Crippen molar-refractivity contribution in [1.29, 1.82) is 0 Å². The number of phenolic OH excluding ortho intramolecular Hbond substituents is 1. The average molecular weight is 376 g/mol. The molecule has 0 fully saturated rings. The molecule has 3 rings (SSSR count). The lowest BCUT2D eigenvalue weighted by molar-refractivity contribution is -0.00742. The maximum Gasteiger partial charge on any atom is 0.242 e. The zero-order valence-corrected chi connectivity index (χ0v) is 15.5. The summed E-state index contributed by atoms with van der Waals surface area (Å²) in [6, 6.07) is 12.9. The molecule has 1 atom stereocenters. The van der Waals surface area contributed by atoms with Crippen LogP contribution in [-0.2, 0) is 20.5 Å². The summed E-state index contributed by atoms with van der Waals surface area (Å²) < 4.78 is 31.3. The molecular weight excluding hydrogens is 356 g/mol. The van der Waals surface area contributed by atoms with Gasteiger partial charge in [0, 0.05) is 20.2 Å². The second-order valence-electron chi connectivity index (χ2n) is 6.40. The lowest BCUT2D eigenvalue weighted by Crippen LogP contribution is -2.23. The monoisotopic (exact) mass is 376 g/mol. The Hall–Kier alpha value is -2.58. The molecular formula is C18H20N2O5S. The highest BCUT2D eigenvalue weighted by Gasteiger charge is 2.37. The van der Waals surface area contributed by atoms with Crippen LogP contribution >= 0.6 is 0 Å². The van der Waals surface area contributed by atoms with Gasteiger partial charge in [0.05, 0.1) is 11.3 Å². The summed E-state index contributed by atoms with van der Waals surface area (Å²) in [7, 11) is -0.598. The largest absolute Gasteiger partial charge is 0.508 e. The number of hydrogen-bond acceptors (Lipinski definition) is 6. The van der Waals surface area contributed by atoms with Gasteiger partial charge < -0.3 is 14.7 Å². The van der Waals surface area contributed by atoms with Crippen LogP contribution in [0.2, 0.25) is 0 Å². The molecule has 2 aromatic rings. The summed E-state index contributed by atoms with van der Waals surface area (Å²) in [6.07, 6.45) is 0.377. The van der Waals surface area contributed by atoms with Crippen molar-refractivity contribution in [3.8, 4) is 11.5 Å². The minimum atomic E-state index is -3.54. The van der Waals surface area contributed by atoms with Crippen molar-refractivity contribution < 1.29 is 23.1 Å². The van der Waals surface area contributed by atoms with E-state index >= 15 is 0 Å². The SMILES string of the molecule is CN(C)S(=O)(=O)c1cccc(OC2=NO[C@](C)(c3ccc(O)cc3)C2)c1. The Morgan fingerprint density at radius 3 is 2.54 bits per heavy atom. The van der Waals surface area contributed by atoms with Crippen LogP contribution in [0.4, 0.5) is 0 Å². The van der Waals surface area contributed by atoms with Crippen LogP contribution in [0, 0.1) is 0 Å². The average Bonchev–Trinajstić information content (AvgIpc) is 2.97. The van der Waals surface area contributed by atoms with E-state index in [0.29, 0.717) is 18.1 Å². The number of phenols is 1. The number of benzene rings is 2. The molecule has 0 bridgehead atoms. The zero-order valence-electron chi connectivity index (χ0n) is 14.7. The van der Waals surface area contributed by atoms with Gasteiger partial charge in [-0.3, -0.25) is 0 Å². The Bertz CT molecular complexity index is 938. The topological polar surface area (TPSA) is 88.4 Å². The normalized spacial score (nSPS) is 19.9. The van der Waals surface area contributed by atoms with Gasteiger partial charge in [0.1, 0.15) is 11.5 Å². The van der Waals surface area contributed by atoms with Crippen molar-refractivity contribution >= 4 is 15.9 Å². The first-order valence-corrected chi connectivity index (χ1v) is 9.40. The van der Waals surface area contributed by atoms with Crippen molar-refractivity contribution in [2.24, 2.45) is 5.16 Å². The van der Waals surface area contributed by atoms with Gasteiger partial charge >= 0.3 is 0 Å². The van der Waals surface area contributed by atoms with E-state index in [9.17, 15) is 13.5 Å². The maximum absolute atomic E-state index is 12.2. The van der Waals surface area contributed by atoms with E-state index in [4.69, 9.17) is 9.57 Å². The molecule has 0 radical (unpaired) electrons. The van der Waals surface area contributed by atoms with E-state index in [0.717, 1.165) is 9.87 Å². The minimum absolute atomic E-state index is 0.140. The highest BCUT2D eigenvalue weighted by atomic mass is 32.2. The number of sulfonamides is 1. The van der Waals surface area contributed by atoms with Crippen LogP contribution in [-0.4, -0.2) is 37.8 Å². The van der Waals surface area contributed by atoms with Gasteiger partial charge in [-0.05, 0) is 36.8 Å². The van der Waals surface area contributed by atoms with Gasteiger partial charge in [0.15, 0.2) is 5.60 Å². The van der Waals surface area contributed by atoms with E-state index < -0.39 is 15.6 Å². The molecule has 1 N–H and O–H groups in total. The molecule has 0 aliphatic carbocycles. The zero-order chi connectivity index (χ0) is 18.9. The first-order chi connectivity index (χ1) is 12.2. The van der Waals surface area contributed by atoms with Gasteiger partial charge in [0.2, 0.25) is 15.9 Å². The fraction of sp³-hybridized carbons (Fsp3) is 0.278. The fourth-order valence-corrected chi connectivity index (χ4v) is 3.51. The van der Waals surface area contributed by atoms with Crippen LogP contribution in [0.1, 0.15) is 18.9 Å². The summed E-state index contributed by atoms with van der Waals surface area (Å²) in [6.45, 7) is 1.87. The van der Waals surface area contributed by atoms with E-state index in [-0.39, 0.29) is 10.6 Å². The Labute approximate surface area is 152 Å². The van der Waals surface area contributed by atoms with Crippen LogP contribution in [0.5, 0.6) is 11.5 Å². The van der Waals surface area contributed by atoms with Crippen molar-refractivity contribution in [3.63, 3.8) is 0 Å². The molecule has 0 saturated carbocycles. The lowest BCUT2D eigenvalue weighted by Gasteiger charge is -2.21. The lowest BCUT2D eigenvalue weighted by atomic mass is 9.93. The van der Waals surface area contributed by atoms with Crippen molar-refractivity contribution in [1.82, 2.24) is 4.31 Å². The Balaban J connectivity index is 1.76. The van der Waals surface area contributed by atoms with E-state index in [2.05, 4.69) is 5.16 Å². The Morgan fingerprint density at radius 2 is 1.88 bits per heavy atom. The summed E-state index contributed by atoms with van der Waals surface area (Å²) in [5.41, 5.74) is 0.137. The number of aromatic hydroxyl groups is 1. The number of rotatable bonds is 4. The molecule has 1 heterocycles. The molecule has 0 saturated heterocycles. The molecule has 0 unspecified atom stereocenters. The minimum Gasteiger partial charge on any atom is -0.508 e. The van der Waals surface area contributed by atoms with Gasteiger partial charge in [-0.1, -0.05) is 23.4 Å². The molecule has 0 amide bonds. The van der Waals surface area contributed by atoms with Crippen LogP contribution in [0.15, 0.2) is 58.6 Å². The third kappa shape index (κ3) is 3.51. The van der Waals surface area contributed by atoms with Crippen molar-refractivity contribution in [2.75, 3.05) is 14.1 Å². The second-order valence-corrected chi connectivity index (χ2v) is 8.55. The second kappa shape index (κ2) is 6.62. The molecule has 7 nitrogen and oxygen atoms in total. The molecule has 0 aromatic heterocycles. The first kappa shape index (κ1) is 18.2. The van der Waals surface area contributed by atoms with Crippen LogP contribution < -0.4 is 4.74 Å². The number of oxime groups is 1. The first-order valence-electron chi connectivity index (χ1n) is 7.96. The third-order valence-electron chi connectivity index (χ3n) is 4.14. The summed E-state index contributed by atoms with van der Waals surface area (Å²) in [5, 5.41) is 13.4. The van der Waals surface area contributed by atoms with Gasteiger partial charge in [-0.25, -0.2) is 12.7 Å². The highest BCUT2D eigenvalue weighted by molar-refractivity contribution is 7.89. The number of ether oxygens (including phenoxy) is 1. The van der Waals surface area contributed by atoms with Crippen molar-refractivity contribution in [3.05, 3.63) is 54.1 Å². The van der Waals surface area contributed by atoms with Crippen LogP contribution in [0.25, 0.3) is 0 Å². The Morgan fingerprint density at radius 1 is 1.19 bits per heavy atom. The summed E-state index contributed by atoms with van der Waals surface area (Å²) in [4.78, 5) is 5.68. The summed E-state index contributed by atoms with van der Waals surface area (Å²) in [5.74, 6) is 0.886. The van der Waals surface area contributed by atoms with Crippen LogP contribution in [0.3, 0.4) is 0 Å². The molecule has 138 valence electrons. The number of hydrogen-bond donors (Lipinski definition) is 1. The molecule has 8 heteroatoms. The van der Waals surface area contributed by atoms with E-state index in [1.807, 2.05) is 6.92 Å². The molecule has 26 heavy (non-hydrogen) atoms. The Kier molecular flexibility index (Phi) is 4.64. The van der Waals surface area contributed by atoms with Gasteiger partial charge in [-0.15, -0.1) is 0 Å². The quantitative estimate of drug-likeness (QED) is 0.886. The van der Waals surface area contributed by atoms with Gasteiger partial charge in [-0.2, -0.15) is 0 Å².